The van der Waals surface area contributed by atoms with Crippen LogP contribution in [-0.2, 0) is 16.0 Å². The summed E-state index contributed by atoms with van der Waals surface area (Å²) in [5, 5.41) is 4.08. The van der Waals surface area contributed by atoms with Gasteiger partial charge in [-0.1, -0.05) is 6.58 Å². The van der Waals surface area contributed by atoms with Gasteiger partial charge in [0, 0.05) is 6.54 Å². The van der Waals surface area contributed by atoms with Crippen LogP contribution in [0.3, 0.4) is 0 Å². The number of hydrogen-bond donors (Lipinski definition) is 1. The van der Waals surface area contributed by atoms with Gasteiger partial charge in [-0.25, -0.2) is 4.98 Å². The molecule has 1 aliphatic rings. The number of fused-ring (bicyclic) bond motifs is 1. The van der Waals surface area contributed by atoms with Gasteiger partial charge < -0.3 is 10.2 Å². The van der Waals surface area contributed by atoms with Gasteiger partial charge in [0.15, 0.2) is 0 Å². The van der Waals surface area contributed by atoms with Gasteiger partial charge in [0.2, 0.25) is 11.8 Å². The molecular weight excluding hydrogens is 286 g/mol. The molecule has 2 rings (SSSR count). The zero-order valence-electron chi connectivity index (χ0n) is 12.5. The summed E-state index contributed by atoms with van der Waals surface area (Å²) in [5.74, 6) is -0.346. The predicted octanol–water partition coefficient (Wildman–Crippen LogP) is 1.98. The number of hydrogen-bond acceptors (Lipinski definition) is 4. The molecule has 1 aromatic heterocycles. The van der Waals surface area contributed by atoms with Crippen LogP contribution in [0.1, 0.15) is 41.4 Å². The molecule has 5 nitrogen and oxygen atoms in total. The van der Waals surface area contributed by atoms with E-state index in [1.807, 2.05) is 13.8 Å². The number of amides is 2. The first kappa shape index (κ1) is 15.7. The molecule has 0 spiro atoms. The van der Waals surface area contributed by atoms with Crippen LogP contribution in [0.25, 0.3) is 0 Å². The summed E-state index contributed by atoms with van der Waals surface area (Å²) in [6.07, 6.45) is 4.19. The lowest BCUT2D eigenvalue weighted by atomic mass is 9.98. The van der Waals surface area contributed by atoms with Crippen molar-refractivity contribution in [3.05, 3.63) is 28.2 Å². The summed E-state index contributed by atoms with van der Waals surface area (Å²) in [5.41, 5.74) is 1.11. The minimum absolute atomic E-state index is 0.0324. The van der Waals surface area contributed by atoms with Crippen molar-refractivity contribution in [1.29, 1.82) is 0 Å². The van der Waals surface area contributed by atoms with Crippen molar-refractivity contribution in [3.63, 3.8) is 0 Å². The molecule has 1 aromatic rings. The van der Waals surface area contributed by atoms with E-state index in [-0.39, 0.29) is 24.4 Å². The smallest absolute Gasteiger partial charge is 0.246 e. The Morgan fingerprint density at radius 3 is 3.00 bits per heavy atom. The average Bonchev–Trinajstić information content (AvgIpc) is 2.85. The topological polar surface area (TPSA) is 62.3 Å². The molecule has 0 aliphatic heterocycles. The lowest BCUT2D eigenvalue weighted by Gasteiger charge is -2.24. The van der Waals surface area contributed by atoms with Crippen LogP contribution in [0, 0.1) is 6.92 Å². The third kappa shape index (κ3) is 3.69. The molecule has 0 aromatic carbocycles. The second-order valence-electron chi connectivity index (χ2n) is 5.11. The Kier molecular flexibility index (Phi) is 5.12. The Bertz CT molecular complexity index is 553. The minimum Gasteiger partial charge on any atom is -0.347 e. The zero-order chi connectivity index (χ0) is 15.4. The van der Waals surface area contributed by atoms with E-state index in [0.29, 0.717) is 6.54 Å². The molecule has 6 heteroatoms. The van der Waals surface area contributed by atoms with Gasteiger partial charge in [0.1, 0.15) is 0 Å². The van der Waals surface area contributed by atoms with Gasteiger partial charge in [-0.15, -0.1) is 11.3 Å². The molecule has 1 atom stereocenters. The summed E-state index contributed by atoms with van der Waals surface area (Å²) in [4.78, 5) is 30.9. The number of thiazole rings is 1. The number of nitrogens with one attached hydrogen (secondary N) is 1. The molecule has 1 unspecified atom stereocenters. The minimum atomic E-state index is -0.217. The second kappa shape index (κ2) is 6.85. The van der Waals surface area contributed by atoms with E-state index in [9.17, 15) is 9.59 Å². The number of aromatic nitrogens is 1. The third-order valence-electron chi connectivity index (χ3n) is 3.60. The summed E-state index contributed by atoms with van der Waals surface area (Å²) in [6, 6.07) is 0.0324. The number of aryl methyl sites for hydroxylation is 2. The summed E-state index contributed by atoms with van der Waals surface area (Å²) >= 11 is 1.65. The van der Waals surface area contributed by atoms with E-state index < -0.39 is 0 Å². The lowest BCUT2D eigenvalue weighted by molar-refractivity contribution is -0.132. The molecule has 0 fully saturated rings. The van der Waals surface area contributed by atoms with E-state index in [1.54, 1.807) is 11.3 Å². The lowest BCUT2D eigenvalue weighted by Crippen LogP contribution is -2.41. The fraction of sp³-hybridized carbons (Fsp3) is 0.533. The van der Waals surface area contributed by atoms with Crippen LogP contribution in [0.15, 0.2) is 12.7 Å². The van der Waals surface area contributed by atoms with Crippen molar-refractivity contribution in [2.24, 2.45) is 0 Å². The summed E-state index contributed by atoms with van der Waals surface area (Å²) in [6.45, 7) is 7.86. The Labute approximate surface area is 129 Å². The monoisotopic (exact) mass is 307 g/mol. The van der Waals surface area contributed by atoms with Gasteiger partial charge in [-0.2, -0.15) is 0 Å². The van der Waals surface area contributed by atoms with E-state index in [2.05, 4.69) is 16.9 Å². The molecule has 0 radical (unpaired) electrons. The molecule has 1 N–H and O–H groups in total. The van der Waals surface area contributed by atoms with E-state index in [0.717, 1.165) is 30.0 Å². The number of carbonyl (C=O) groups is 2. The van der Waals surface area contributed by atoms with Gasteiger partial charge in [-0.05, 0) is 39.2 Å². The van der Waals surface area contributed by atoms with Crippen LogP contribution < -0.4 is 5.32 Å². The normalized spacial score (nSPS) is 17.0. The Morgan fingerprint density at radius 2 is 2.33 bits per heavy atom. The third-order valence-corrected chi connectivity index (χ3v) is 4.72. The number of nitrogens with zero attached hydrogens (tertiary/aromatic N) is 2. The highest BCUT2D eigenvalue weighted by Crippen LogP contribution is 2.33. The Balaban J connectivity index is 2.00. The molecule has 0 saturated heterocycles. The summed E-state index contributed by atoms with van der Waals surface area (Å²) < 4.78 is 0. The van der Waals surface area contributed by atoms with Gasteiger partial charge >= 0.3 is 0 Å². The first-order chi connectivity index (χ1) is 10.0. The van der Waals surface area contributed by atoms with Crippen molar-refractivity contribution >= 4 is 23.2 Å². The van der Waals surface area contributed by atoms with Crippen molar-refractivity contribution in [1.82, 2.24) is 15.2 Å². The van der Waals surface area contributed by atoms with Crippen molar-refractivity contribution in [2.45, 2.75) is 39.2 Å². The molecule has 114 valence electrons. The van der Waals surface area contributed by atoms with Crippen molar-refractivity contribution in [3.8, 4) is 0 Å². The maximum absolute atomic E-state index is 12.2. The quantitative estimate of drug-likeness (QED) is 0.846. The molecule has 1 heterocycles. The van der Waals surface area contributed by atoms with Crippen molar-refractivity contribution < 1.29 is 9.59 Å². The predicted molar refractivity (Wildman–Crippen MR) is 83.1 cm³/mol. The first-order valence-corrected chi connectivity index (χ1v) is 8.03. The highest BCUT2D eigenvalue weighted by atomic mass is 32.1. The highest BCUT2D eigenvalue weighted by Gasteiger charge is 2.25. The highest BCUT2D eigenvalue weighted by molar-refractivity contribution is 7.11. The zero-order valence-corrected chi connectivity index (χ0v) is 13.3. The molecular formula is C15H21N3O2S. The molecule has 0 bridgehead atoms. The van der Waals surface area contributed by atoms with E-state index >= 15 is 0 Å². The van der Waals surface area contributed by atoms with Crippen LogP contribution >= 0.6 is 11.3 Å². The largest absolute Gasteiger partial charge is 0.347 e. The van der Waals surface area contributed by atoms with Crippen LogP contribution in [-0.4, -0.2) is 34.8 Å². The van der Waals surface area contributed by atoms with Gasteiger partial charge in [-0.3, -0.25) is 9.59 Å². The van der Waals surface area contributed by atoms with Crippen LogP contribution in [0.4, 0.5) is 0 Å². The number of carbonyl (C=O) groups excluding carboxylic acids is 2. The molecule has 21 heavy (non-hydrogen) atoms. The van der Waals surface area contributed by atoms with Gasteiger partial charge in [0.25, 0.3) is 0 Å². The number of likely N-dealkylation sites (N-methyl/N-ethyl adjacent to an activating group) is 1. The van der Waals surface area contributed by atoms with E-state index in [4.69, 9.17) is 0 Å². The fourth-order valence-electron chi connectivity index (χ4n) is 2.57. The maximum Gasteiger partial charge on any atom is 0.246 e. The van der Waals surface area contributed by atoms with Gasteiger partial charge in [0.05, 0.1) is 28.2 Å². The Hall–Kier alpha value is -1.69. The van der Waals surface area contributed by atoms with E-state index in [1.165, 1.54) is 15.9 Å². The molecule has 1 aliphatic carbocycles. The first-order valence-electron chi connectivity index (χ1n) is 7.22. The molecule has 2 amide bonds. The SMILES string of the molecule is C=CC(=O)N(CC)CC(=O)NC1CCCc2nc(C)sc21. The fourth-order valence-corrected chi connectivity index (χ4v) is 3.63. The molecule has 0 saturated carbocycles. The van der Waals surface area contributed by atoms with Crippen molar-refractivity contribution in [2.75, 3.05) is 13.1 Å². The average molecular weight is 307 g/mol. The maximum atomic E-state index is 12.2. The summed E-state index contributed by atoms with van der Waals surface area (Å²) in [7, 11) is 0. The van der Waals surface area contributed by atoms with Crippen LogP contribution in [0.2, 0.25) is 0 Å². The second-order valence-corrected chi connectivity index (χ2v) is 6.35. The number of rotatable bonds is 5. The Morgan fingerprint density at radius 1 is 1.57 bits per heavy atom. The standard InChI is InChI=1S/C15H21N3O2S/c1-4-14(20)18(5-2)9-13(19)17-12-8-6-7-11-15(12)21-10(3)16-11/h4,12H,1,5-9H2,2-3H3,(H,17,19). The van der Waals surface area contributed by atoms with Crippen LogP contribution in [0.5, 0.6) is 0 Å².